The van der Waals surface area contributed by atoms with E-state index < -0.39 is 6.10 Å². The Morgan fingerprint density at radius 3 is 2.72 bits per heavy atom. The lowest BCUT2D eigenvalue weighted by molar-refractivity contribution is -0.132. The summed E-state index contributed by atoms with van der Waals surface area (Å²) in [4.78, 5) is 22.4. The number of nitrogens with zero attached hydrogens (tertiary/aromatic N) is 3. The fourth-order valence-corrected chi connectivity index (χ4v) is 2.00. The lowest BCUT2D eigenvalue weighted by atomic mass is 10.2. The first-order chi connectivity index (χ1) is 8.60. The molecule has 0 aliphatic carbocycles. The summed E-state index contributed by atoms with van der Waals surface area (Å²) in [5.74, 6) is 0.564. The summed E-state index contributed by atoms with van der Waals surface area (Å²) >= 11 is 0. The van der Waals surface area contributed by atoms with E-state index in [2.05, 4.69) is 15.3 Å². The zero-order chi connectivity index (χ0) is 13.1. The average molecular weight is 250 g/mol. The molecule has 1 fully saturated rings. The molecule has 1 aliphatic heterocycles. The van der Waals surface area contributed by atoms with Gasteiger partial charge in [-0.25, -0.2) is 9.97 Å². The molecule has 1 aromatic heterocycles. The quantitative estimate of drug-likeness (QED) is 0.803. The van der Waals surface area contributed by atoms with Gasteiger partial charge in [0.2, 0.25) is 5.95 Å². The molecule has 0 bridgehead atoms. The normalized spacial score (nSPS) is 19.7. The van der Waals surface area contributed by atoms with Crippen molar-refractivity contribution in [1.29, 1.82) is 0 Å². The van der Waals surface area contributed by atoms with Crippen LogP contribution >= 0.6 is 0 Å². The lowest BCUT2D eigenvalue weighted by Crippen LogP contribution is -2.49. The first-order valence-electron chi connectivity index (χ1n) is 6.00. The van der Waals surface area contributed by atoms with Crippen LogP contribution in [0.2, 0.25) is 0 Å². The maximum atomic E-state index is 11.6. The zero-order valence-electron chi connectivity index (χ0n) is 10.9. The van der Waals surface area contributed by atoms with Crippen LogP contribution in [-0.4, -0.2) is 48.7 Å². The van der Waals surface area contributed by atoms with E-state index in [1.807, 2.05) is 24.8 Å². The molecular formula is C12H18N4O2. The van der Waals surface area contributed by atoms with Gasteiger partial charge in [-0.1, -0.05) is 0 Å². The summed E-state index contributed by atoms with van der Waals surface area (Å²) in [7, 11) is 1.61. The largest absolute Gasteiger partial charge is 0.365 e. The van der Waals surface area contributed by atoms with E-state index in [-0.39, 0.29) is 5.91 Å². The van der Waals surface area contributed by atoms with E-state index in [4.69, 9.17) is 4.74 Å². The van der Waals surface area contributed by atoms with E-state index in [0.717, 1.165) is 11.4 Å². The molecule has 1 atom stereocenters. The van der Waals surface area contributed by atoms with Crippen molar-refractivity contribution in [3.05, 3.63) is 17.5 Å². The molecule has 1 amide bonds. The Kier molecular flexibility index (Phi) is 3.76. The first-order valence-corrected chi connectivity index (χ1v) is 6.00. The van der Waals surface area contributed by atoms with E-state index in [1.54, 1.807) is 7.05 Å². The third kappa shape index (κ3) is 2.76. The number of anilines is 1. The number of morpholine rings is 1. The molecule has 6 heteroatoms. The van der Waals surface area contributed by atoms with Crippen molar-refractivity contribution in [2.45, 2.75) is 20.0 Å². The van der Waals surface area contributed by atoms with Gasteiger partial charge in [0.1, 0.15) is 0 Å². The molecule has 0 radical (unpaired) electrons. The van der Waals surface area contributed by atoms with Crippen molar-refractivity contribution in [3.8, 4) is 0 Å². The molecule has 2 rings (SSSR count). The molecule has 1 aromatic rings. The molecule has 0 saturated carbocycles. The molecule has 2 heterocycles. The number of carbonyl (C=O) groups excluding carboxylic acids is 1. The molecule has 1 aliphatic rings. The second-order valence-electron chi connectivity index (χ2n) is 4.37. The summed E-state index contributed by atoms with van der Waals surface area (Å²) < 4.78 is 5.43. The summed E-state index contributed by atoms with van der Waals surface area (Å²) in [6.07, 6.45) is -0.451. The Hall–Kier alpha value is -1.69. The molecule has 98 valence electrons. The molecule has 6 nitrogen and oxygen atoms in total. The third-order valence-electron chi connectivity index (χ3n) is 2.86. The van der Waals surface area contributed by atoms with Gasteiger partial charge >= 0.3 is 0 Å². The van der Waals surface area contributed by atoms with Gasteiger partial charge in [-0.3, -0.25) is 4.79 Å². The van der Waals surface area contributed by atoms with Gasteiger partial charge in [0, 0.05) is 25.0 Å². The number of carbonyl (C=O) groups is 1. The molecular weight excluding hydrogens is 232 g/mol. The SMILES string of the molecule is CNC(=O)C1CN(c2nc(C)cc(C)n2)CCO1. The predicted molar refractivity (Wildman–Crippen MR) is 67.5 cm³/mol. The van der Waals surface area contributed by atoms with Gasteiger partial charge in [0.25, 0.3) is 5.91 Å². The summed E-state index contributed by atoms with van der Waals surface area (Å²) in [6.45, 7) is 5.58. The third-order valence-corrected chi connectivity index (χ3v) is 2.86. The van der Waals surface area contributed by atoms with Crippen LogP contribution < -0.4 is 10.2 Å². The smallest absolute Gasteiger partial charge is 0.250 e. The van der Waals surface area contributed by atoms with Gasteiger partial charge in [-0.05, 0) is 19.9 Å². The highest BCUT2D eigenvalue weighted by molar-refractivity contribution is 5.81. The molecule has 18 heavy (non-hydrogen) atoms. The Bertz CT molecular complexity index is 429. The maximum absolute atomic E-state index is 11.6. The number of aromatic nitrogens is 2. The van der Waals surface area contributed by atoms with E-state index in [1.165, 1.54) is 0 Å². The van der Waals surface area contributed by atoms with Crippen molar-refractivity contribution in [2.24, 2.45) is 0 Å². The first kappa shape index (κ1) is 12.8. The molecule has 1 saturated heterocycles. The minimum absolute atomic E-state index is 0.107. The van der Waals surface area contributed by atoms with Gasteiger partial charge in [0.05, 0.1) is 13.2 Å². The number of hydrogen-bond donors (Lipinski definition) is 1. The molecule has 1 unspecified atom stereocenters. The van der Waals surface area contributed by atoms with Gasteiger partial charge in [-0.15, -0.1) is 0 Å². The summed E-state index contributed by atoms with van der Waals surface area (Å²) in [5.41, 5.74) is 1.86. The summed E-state index contributed by atoms with van der Waals surface area (Å²) in [5, 5.41) is 2.60. The van der Waals surface area contributed by atoms with Crippen LogP contribution in [0.15, 0.2) is 6.07 Å². The van der Waals surface area contributed by atoms with Crippen LogP contribution in [0.4, 0.5) is 5.95 Å². The number of ether oxygens (including phenoxy) is 1. The Labute approximate surface area is 106 Å². The minimum Gasteiger partial charge on any atom is -0.365 e. The highest BCUT2D eigenvalue weighted by Crippen LogP contribution is 2.14. The maximum Gasteiger partial charge on any atom is 0.250 e. The number of hydrogen-bond acceptors (Lipinski definition) is 5. The molecule has 0 aromatic carbocycles. The predicted octanol–water partition coefficient (Wildman–Crippen LogP) is 0.0446. The molecule has 1 N–H and O–H groups in total. The number of nitrogens with one attached hydrogen (secondary N) is 1. The number of rotatable bonds is 2. The minimum atomic E-state index is -0.451. The second-order valence-corrected chi connectivity index (χ2v) is 4.37. The standard InChI is InChI=1S/C12H18N4O2/c1-8-6-9(2)15-12(14-8)16-4-5-18-10(7-16)11(17)13-3/h6,10H,4-5,7H2,1-3H3,(H,13,17). The van der Waals surface area contributed by atoms with Crippen LogP contribution in [0.25, 0.3) is 0 Å². The number of likely N-dealkylation sites (N-methyl/N-ethyl adjacent to an activating group) is 1. The molecule has 0 spiro atoms. The van der Waals surface area contributed by atoms with Gasteiger partial charge in [-0.2, -0.15) is 0 Å². The Morgan fingerprint density at radius 2 is 2.11 bits per heavy atom. The van der Waals surface area contributed by atoms with Crippen molar-refractivity contribution < 1.29 is 9.53 Å². The van der Waals surface area contributed by atoms with Crippen LogP contribution in [0, 0.1) is 13.8 Å². The van der Waals surface area contributed by atoms with Crippen molar-refractivity contribution in [1.82, 2.24) is 15.3 Å². The Morgan fingerprint density at radius 1 is 1.44 bits per heavy atom. The van der Waals surface area contributed by atoms with Crippen LogP contribution in [-0.2, 0) is 9.53 Å². The summed E-state index contributed by atoms with van der Waals surface area (Å²) in [6, 6.07) is 1.93. The Balaban J connectivity index is 2.15. The average Bonchev–Trinajstić information content (AvgIpc) is 2.37. The van der Waals surface area contributed by atoms with Gasteiger partial charge in [0.15, 0.2) is 6.10 Å². The highest BCUT2D eigenvalue weighted by Gasteiger charge is 2.27. The van der Waals surface area contributed by atoms with Gasteiger partial charge < -0.3 is 15.0 Å². The lowest BCUT2D eigenvalue weighted by Gasteiger charge is -2.32. The van der Waals surface area contributed by atoms with Crippen molar-refractivity contribution in [2.75, 3.05) is 31.6 Å². The zero-order valence-corrected chi connectivity index (χ0v) is 10.9. The topological polar surface area (TPSA) is 67.4 Å². The van der Waals surface area contributed by atoms with Crippen LogP contribution in [0.3, 0.4) is 0 Å². The van der Waals surface area contributed by atoms with Crippen LogP contribution in [0.5, 0.6) is 0 Å². The monoisotopic (exact) mass is 250 g/mol. The van der Waals surface area contributed by atoms with E-state index in [0.29, 0.717) is 25.6 Å². The fourth-order valence-electron chi connectivity index (χ4n) is 2.00. The number of amides is 1. The van der Waals surface area contributed by atoms with Crippen molar-refractivity contribution in [3.63, 3.8) is 0 Å². The highest BCUT2D eigenvalue weighted by atomic mass is 16.5. The number of aryl methyl sites for hydroxylation is 2. The fraction of sp³-hybridized carbons (Fsp3) is 0.583. The van der Waals surface area contributed by atoms with Crippen molar-refractivity contribution >= 4 is 11.9 Å². The van der Waals surface area contributed by atoms with E-state index >= 15 is 0 Å². The van der Waals surface area contributed by atoms with E-state index in [9.17, 15) is 4.79 Å². The van der Waals surface area contributed by atoms with Crippen LogP contribution in [0.1, 0.15) is 11.4 Å². The second kappa shape index (κ2) is 5.30.